The highest BCUT2D eigenvalue weighted by molar-refractivity contribution is 6.33. The number of nitrogens with two attached hydrogens (primary N) is 3. The number of aryl methyl sites for hydroxylation is 1. The summed E-state index contributed by atoms with van der Waals surface area (Å²) in [5, 5.41) is 5.77. The number of amidine groups is 1. The first-order chi connectivity index (χ1) is 19.2. The van der Waals surface area contributed by atoms with Crippen molar-refractivity contribution in [2.45, 2.75) is 37.6 Å². The van der Waals surface area contributed by atoms with Gasteiger partial charge in [-0.15, -0.1) is 0 Å². The van der Waals surface area contributed by atoms with Crippen molar-refractivity contribution in [2.75, 3.05) is 41.4 Å². The van der Waals surface area contributed by atoms with E-state index in [1.54, 1.807) is 13.3 Å². The zero-order valence-electron chi connectivity index (χ0n) is 24.1. The number of methoxy groups -OCH3 is 1. The van der Waals surface area contributed by atoms with Crippen molar-refractivity contribution < 1.29 is 14.3 Å². The van der Waals surface area contributed by atoms with Crippen LogP contribution in [0.2, 0.25) is 5.02 Å². The van der Waals surface area contributed by atoms with E-state index in [1.165, 1.54) is 45.1 Å². The lowest BCUT2D eigenvalue weighted by Gasteiger charge is -2.17. The summed E-state index contributed by atoms with van der Waals surface area (Å²) in [7, 11) is 8.81. The number of likely N-dealkylation sites (tertiary alicyclic amines) is 1. The zero-order valence-corrected chi connectivity index (χ0v) is 24.9. The lowest BCUT2D eigenvalue weighted by Crippen LogP contribution is -2.28. The number of carbonyl (C=O) groups excluding carboxylic acids is 2. The highest BCUT2D eigenvalue weighted by Gasteiger charge is 2.28. The van der Waals surface area contributed by atoms with Gasteiger partial charge in [-0.1, -0.05) is 24.1 Å². The van der Waals surface area contributed by atoms with E-state index in [-0.39, 0.29) is 17.1 Å². The first kappa shape index (κ1) is 34.5. The molecule has 0 spiro atoms. The Morgan fingerprint density at radius 3 is 2.40 bits per heavy atom. The first-order valence-corrected chi connectivity index (χ1v) is 13.3. The second-order valence-corrected chi connectivity index (χ2v) is 9.44. The van der Waals surface area contributed by atoms with Crippen LogP contribution in [0.5, 0.6) is 0 Å². The second kappa shape index (κ2) is 18.0. The maximum absolute atomic E-state index is 11.2. The molecule has 1 unspecified atom stereocenters. The molecule has 1 aliphatic heterocycles. The molecule has 2 heterocycles. The molecule has 2 fully saturated rings. The molecule has 10 nitrogen and oxygen atoms in total. The Bertz CT molecular complexity index is 1260. The van der Waals surface area contributed by atoms with Gasteiger partial charge in [0, 0.05) is 32.6 Å². The summed E-state index contributed by atoms with van der Waals surface area (Å²) >= 11 is 6.46. The summed E-state index contributed by atoms with van der Waals surface area (Å²) < 4.78 is 6.89. The number of halogens is 1. The average Bonchev–Trinajstić information content (AvgIpc) is 3.64. The molecule has 1 saturated heterocycles. The predicted octanol–water partition coefficient (Wildman–Crippen LogP) is 2.53. The first-order valence-electron chi connectivity index (χ1n) is 12.9. The zero-order chi connectivity index (χ0) is 30.2. The molecule has 4 rings (SSSR count). The number of aromatic nitrogens is 2. The standard InChI is InChI=1S/C18H18ClN5O.C7H15NO.C3H4O.CH5N/c1-22-18(21)14(9-25)16(20)6-5-11-13-8-23-24(2)17(13)12(7-15(11)19)10-3-4-10;1-8-5-3-4-7(8)6-9-2;1-2-3-4;1-2/h7-10H,3-4,20H2,1-2H3,(H2,21,22);7H,3-6H2,1-2H3;2-3H,1H2;2H2,1H3/b16-14-;;;. The Labute approximate surface area is 242 Å². The van der Waals surface area contributed by atoms with Crippen LogP contribution in [0.1, 0.15) is 42.7 Å². The summed E-state index contributed by atoms with van der Waals surface area (Å²) in [6.45, 7) is 5.25. The highest BCUT2D eigenvalue weighted by Crippen LogP contribution is 2.45. The minimum absolute atomic E-state index is 0.0449. The molecule has 1 aromatic heterocycles. The SMILES string of the molecule is C=CC=O.CN.CN=C(N)/C(C=O)=C(\N)C#Cc1c(Cl)cc(C2CC2)c2c1cnn2C.COCC1CCCN1C. The summed E-state index contributed by atoms with van der Waals surface area (Å²) in [4.78, 5) is 26.3. The Balaban J connectivity index is 0.000000440. The third-order valence-corrected chi connectivity index (χ3v) is 6.69. The van der Waals surface area contributed by atoms with E-state index in [9.17, 15) is 4.79 Å². The van der Waals surface area contributed by atoms with Crippen LogP contribution in [0.25, 0.3) is 10.9 Å². The molecule has 11 heteroatoms. The summed E-state index contributed by atoms with van der Waals surface area (Å²) in [5.41, 5.74) is 19.0. The fraction of sp³-hybridized carbons (Fsp3) is 0.448. The third kappa shape index (κ3) is 9.61. The molecule has 1 aliphatic carbocycles. The fourth-order valence-corrected chi connectivity index (χ4v) is 4.43. The van der Waals surface area contributed by atoms with E-state index in [0.29, 0.717) is 35.1 Å². The number of hydrogen-bond donors (Lipinski definition) is 3. The third-order valence-electron chi connectivity index (χ3n) is 6.39. The van der Waals surface area contributed by atoms with Gasteiger partial charge in [-0.2, -0.15) is 5.10 Å². The van der Waals surface area contributed by atoms with Gasteiger partial charge < -0.3 is 26.8 Å². The minimum Gasteiger partial charge on any atom is -0.391 e. The lowest BCUT2D eigenvalue weighted by atomic mass is 10.0. The Kier molecular flexibility index (Phi) is 15.5. The topological polar surface area (TPSA) is 155 Å². The van der Waals surface area contributed by atoms with Crippen LogP contribution in [0.15, 0.2) is 41.2 Å². The normalized spacial score (nSPS) is 17.0. The average molecular weight is 572 g/mol. The smallest absolute Gasteiger partial charge is 0.156 e. The monoisotopic (exact) mass is 571 g/mol. The van der Waals surface area contributed by atoms with Crippen molar-refractivity contribution in [3.8, 4) is 11.8 Å². The number of carbonyl (C=O) groups is 2. The lowest BCUT2D eigenvalue weighted by molar-refractivity contribution is -0.105. The molecule has 2 aromatic rings. The van der Waals surface area contributed by atoms with Crippen LogP contribution in [-0.4, -0.2) is 80.5 Å². The van der Waals surface area contributed by atoms with Gasteiger partial charge in [0.05, 0.1) is 40.2 Å². The number of likely N-dealkylation sites (N-methyl/N-ethyl adjacent to an activating group) is 1. The minimum atomic E-state index is 0.0449. The van der Waals surface area contributed by atoms with Crippen LogP contribution < -0.4 is 17.2 Å². The van der Waals surface area contributed by atoms with Crippen molar-refractivity contribution >= 4 is 40.9 Å². The van der Waals surface area contributed by atoms with Crippen molar-refractivity contribution in [1.82, 2.24) is 14.7 Å². The van der Waals surface area contributed by atoms with Gasteiger partial charge in [-0.05, 0) is 75.9 Å². The summed E-state index contributed by atoms with van der Waals surface area (Å²) in [6, 6.07) is 2.64. The molecule has 1 atom stereocenters. The van der Waals surface area contributed by atoms with E-state index >= 15 is 0 Å². The number of aliphatic imine (C=N–C) groups is 1. The van der Waals surface area contributed by atoms with Crippen molar-refractivity contribution in [3.63, 3.8) is 0 Å². The molecule has 218 valence electrons. The number of aldehydes is 2. The Morgan fingerprint density at radius 2 is 1.93 bits per heavy atom. The quantitative estimate of drug-likeness (QED) is 0.157. The highest BCUT2D eigenvalue weighted by atomic mass is 35.5. The van der Waals surface area contributed by atoms with E-state index in [4.69, 9.17) is 32.6 Å². The van der Waals surface area contributed by atoms with E-state index in [2.05, 4.69) is 46.2 Å². The Hall–Kier alpha value is -3.49. The predicted molar refractivity (Wildman–Crippen MR) is 163 cm³/mol. The molecule has 1 saturated carbocycles. The number of nitrogens with zero attached hydrogens (tertiary/aromatic N) is 4. The van der Waals surface area contributed by atoms with E-state index < -0.39 is 0 Å². The molecule has 0 amide bonds. The van der Waals surface area contributed by atoms with Crippen LogP contribution in [0.3, 0.4) is 0 Å². The van der Waals surface area contributed by atoms with Crippen LogP contribution in [0, 0.1) is 11.8 Å². The van der Waals surface area contributed by atoms with Crippen molar-refractivity contribution in [3.05, 3.63) is 52.3 Å². The number of fused-ring (bicyclic) bond motifs is 1. The maximum atomic E-state index is 11.2. The van der Waals surface area contributed by atoms with Gasteiger partial charge in [-0.3, -0.25) is 19.3 Å². The van der Waals surface area contributed by atoms with Gasteiger partial charge in [0.25, 0.3) is 0 Å². The molecule has 1 aromatic carbocycles. The number of hydrogen-bond acceptors (Lipinski definition) is 8. The second-order valence-electron chi connectivity index (χ2n) is 9.04. The van der Waals surface area contributed by atoms with Gasteiger partial charge >= 0.3 is 0 Å². The molecular formula is C29H42ClN7O3. The van der Waals surface area contributed by atoms with E-state index in [0.717, 1.165) is 30.4 Å². The molecule has 0 bridgehead atoms. The van der Waals surface area contributed by atoms with E-state index in [1.807, 2.05) is 17.8 Å². The summed E-state index contributed by atoms with van der Waals surface area (Å²) in [6.07, 6.45) is 9.10. The Morgan fingerprint density at radius 1 is 1.27 bits per heavy atom. The maximum Gasteiger partial charge on any atom is 0.156 e. The molecular weight excluding hydrogens is 530 g/mol. The number of ether oxygens (including phenoxy) is 1. The van der Waals surface area contributed by atoms with Crippen molar-refractivity contribution in [2.24, 2.45) is 29.2 Å². The number of rotatable bonds is 6. The molecule has 2 aliphatic rings. The van der Waals surface area contributed by atoms with Crippen LogP contribution in [0.4, 0.5) is 0 Å². The number of benzene rings is 1. The van der Waals surface area contributed by atoms with Gasteiger partial charge in [-0.25, -0.2) is 0 Å². The fourth-order valence-electron chi connectivity index (χ4n) is 4.16. The van der Waals surface area contributed by atoms with Crippen molar-refractivity contribution in [1.29, 1.82) is 0 Å². The largest absolute Gasteiger partial charge is 0.391 e. The molecule has 40 heavy (non-hydrogen) atoms. The van der Waals surface area contributed by atoms with Gasteiger partial charge in [0.2, 0.25) is 0 Å². The summed E-state index contributed by atoms with van der Waals surface area (Å²) in [5.74, 6) is 6.30. The number of allylic oxidation sites excluding steroid dienone is 2. The van der Waals surface area contributed by atoms with Gasteiger partial charge in [0.1, 0.15) is 12.1 Å². The van der Waals surface area contributed by atoms with Gasteiger partial charge in [0.15, 0.2) is 6.29 Å². The van der Waals surface area contributed by atoms with Crippen LogP contribution >= 0.6 is 11.6 Å². The molecule has 0 radical (unpaired) electrons. The van der Waals surface area contributed by atoms with Crippen LogP contribution in [-0.2, 0) is 21.4 Å². The molecule has 6 N–H and O–H groups in total.